The number of hydrogen-bond donors (Lipinski definition) is 3. The Bertz CT molecular complexity index is 1600. The highest BCUT2D eigenvalue weighted by Gasteiger charge is 2.30. The number of unbranched alkanes of at least 4 members (excludes halogenated alkanes) is 35. The first-order valence-electron chi connectivity index (χ1n) is 33.1. The van der Waals surface area contributed by atoms with Gasteiger partial charge >= 0.3 is 39.5 Å². The van der Waals surface area contributed by atoms with Crippen molar-refractivity contribution < 1.29 is 80.2 Å². The van der Waals surface area contributed by atoms with Crippen LogP contribution in [-0.2, 0) is 65.4 Å². The van der Waals surface area contributed by atoms with E-state index in [1.165, 1.54) is 122 Å². The molecule has 0 spiro atoms. The Morgan fingerprint density at radius 2 is 0.561 bits per heavy atom. The van der Waals surface area contributed by atoms with E-state index >= 15 is 0 Å². The average molecular weight is 1210 g/mol. The van der Waals surface area contributed by atoms with E-state index in [0.29, 0.717) is 25.7 Å². The van der Waals surface area contributed by atoms with Gasteiger partial charge in [0.2, 0.25) is 0 Å². The highest BCUT2D eigenvalue weighted by atomic mass is 31.2. The Morgan fingerprint density at radius 1 is 0.329 bits per heavy atom. The number of phosphoric ester groups is 2. The number of esters is 4. The van der Waals surface area contributed by atoms with Gasteiger partial charge in [0.05, 0.1) is 26.4 Å². The maximum absolute atomic E-state index is 12.9. The molecular formula is C63H122O17P2. The van der Waals surface area contributed by atoms with Gasteiger partial charge in [-0.05, 0) is 31.6 Å². The van der Waals surface area contributed by atoms with Crippen molar-refractivity contribution in [2.75, 3.05) is 39.6 Å². The van der Waals surface area contributed by atoms with Crippen molar-refractivity contribution in [3.05, 3.63) is 0 Å². The first kappa shape index (κ1) is 80.1. The van der Waals surface area contributed by atoms with Crippen LogP contribution >= 0.6 is 15.6 Å². The van der Waals surface area contributed by atoms with Crippen LogP contribution in [0, 0.1) is 5.92 Å². The zero-order valence-corrected chi connectivity index (χ0v) is 54.4. The van der Waals surface area contributed by atoms with Crippen molar-refractivity contribution in [3.63, 3.8) is 0 Å². The predicted octanol–water partition coefficient (Wildman–Crippen LogP) is 17.4. The fraction of sp³-hybridized carbons (Fsp3) is 0.937. The largest absolute Gasteiger partial charge is 0.472 e. The van der Waals surface area contributed by atoms with Crippen LogP contribution in [0.1, 0.15) is 317 Å². The summed E-state index contributed by atoms with van der Waals surface area (Å²) in [6, 6.07) is 0. The quantitative estimate of drug-likeness (QED) is 0.0222. The van der Waals surface area contributed by atoms with Gasteiger partial charge in [0.25, 0.3) is 0 Å². The number of aliphatic hydroxyl groups excluding tert-OH is 1. The van der Waals surface area contributed by atoms with Gasteiger partial charge in [-0.1, -0.05) is 266 Å². The second-order valence-electron chi connectivity index (χ2n) is 23.3. The van der Waals surface area contributed by atoms with Gasteiger partial charge in [0, 0.05) is 25.7 Å². The molecule has 0 aliphatic rings. The molecule has 0 radical (unpaired) electrons. The Balaban J connectivity index is 5.02. The van der Waals surface area contributed by atoms with Gasteiger partial charge in [0.1, 0.15) is 19.3 Å². The second-order valence-corrected chi connectivity index (χ2v) is 26.2. The van der Waals surface area contributed by atoms with E-state index in [1.54, 1.807) is 0 Å². The van der Waals surface area contributed by atoms with Gasteiger partial charge < -0.3 is 33.8 Å². The molecule has 5 atom stereocenters. The van der Waals surface area contributed by atoms with Crippen LogP contribution in [0.25, 0.3) is 0 Å². The van der Waals surface area contributed by atoms with Crippen molar-refractivity contribution in [3.8, 4) is 0 Å². The van der Waals surface area contributed by atoms with Gasteiger partial charge in [-0.25, -0.2) is 9.13 Å². The minimum absolute atomic E-state index is 0.104. The van der Waals surface area contributed by atoms with Gasteiger partial charge in [-0.15, -0.1) is 0 Å². The standard InChI is InChI=1S/C63H122O17P2/c1-6-9-12-15-17-32-37-42-47-61(66)74-53-59(80-63(68)49-44-39-34-30-28-26-24-22-20-19-21-23-25-27-29-31-36-40-45-56(4)5)55-78-82(71,72)76-51-57(64)50-75-81(69,70)77-54-58(52-73-60(65)46-41-35-14-11-8-3)79-62(67)48-43-38-33-18-16-13-10-7-2/h56-59,64H,6-55H2,1-5H3,(H,69,70)(H,71,72)/t57-,58+,59+/m0/s1. The number of aliphatic hydroxyl groups is 1. The van der Waals surface area contributed by atoms with Gasteiger partial charge in [-0.2, -0.15) is 0 Å². The average Bonchev–Trinajstić information content (AvgIpc) is 3.46. The minimum atomic E-state index is -4.94. The third-order valence-corrected chi connectivity index (χ3v) is 16.4. The summed E-state index contributed by atoms with van der Waals surface area (Å²) in [4.78, 5) is 71.7. The molecule has 0 saturated heterocycles. The molecule has 0 rings (SSSR count). The van der Waals surface area contributed by atoms with E-state index in [1.807, 2.05) is 0 Å². The highest BCUT2D eigenvalue weighted by molar-refractivity contribution is 7.47. The van der Waals surface area contributed by atoms with Crippen LogP contribution < -0.4 is 0 Å². The van der Waals surface area contributed by atoms with Crippen molar-refractivity contribution >= 4 is 39.5 Å². The summed E-state index contributed by atoms with van der Waals surface area (Å²) in [6.45, 7) is 7.08. The maximum atomic E-state index is 12.9. The fourth-order valence-electron chi connectivity index (χ4n) is 9.41. The third kappa shape index (κ3) is 57.2. The number of carbonyl (C=O) groups excluding carboxylic acids is 4. The molecule has 0 amide bonds. The molecule has 17 nitrogen and oxygen atoms in total. The summed E-state index contributed by atoms with van der Waals surface area (Å²) in [5.41, 5.74) is 0. The maximum Gasteiger partial charge on any atom is 0.472 e. The molecule has 0 heterocycles. The van der Waals surface area contributed by atoms with Crippen LogP contribution in [0.5, 0.6) is 0 Å². The summed E-state index contributed by atoms with van der Waals surface area (Å²) < 4.78 is 67.6. The monoisotopic (exact) mass is 1210 g/mol. The lowest BCUT2D eigenvalue weighted by Gasteiger charge is -2.21. The summed E-state index contributed by atoms with van der Waals surface area (Å²) in [5.74, 6) is -1.33. The van der Waals surface area contributed by atoms with Crippen LogP contribution in [0.15, 0.2) is 0 Å². The lowest BCUT2D eigenvalue weighted by atomic mass is 10.0. The van der Waals surface area contributed by atoms with E-state index < -0.39 is 97.5 Å². The molecule has 82 heavy (non-hydrogen) atoms. The number of rotatable bonds is 63. The van der Waals surface area contributed by atoms with Crippen molar-refractivity contribution in [1.29, 1.82) is 0 Å². The molecule has 0 aromatic carbocycles. The topological polar surface area (TPSA) is 237 Å². The first-order chi connectivity index (χ1) is 39.5. The van der Waals surface area contributed by atoms with Crippen LogP contribution in [0.2, 0.25) is 0 Å². The summed E-state index contributed by atoms with van der Waals surface area (Å²) >= 11 is 0. The number of carbonyl (C=O) groups is 4. The molecule has 0 fully saturated rings. The molecule has 0 aromatic rings. The first-order valence-corrected chi connectivity index (χ1v) is 36.1. The number of hydrogen-bond acceptors (Lipinski definition) is 15. The molecule has 2 unspecified atom stereocenters. The highest BCUT2D eigenvalue weighted by Crippen LogP contribution is 2.45. The minimum Gasteiger partial charge on any atom is -0.462 e. The number of phosphoric acid groups is 2. The molecule has 0 saturated carbocycles. The zero-order valence-electron chi connectivity index (χ0n) is 52.6. The van der Waals surface area contributed by atoms with Crippen LogP contribution in [0.3, 0.4) is 0 Å². The smallest absolute Gasteiger partial charge is 0.462 e. The third-order valence-electron chi connectivity index (χ3n) is 14.5. The zero-order chi connectivity index (χ0) is 60.6. The molecule has 0 aliphatic carbocycles. The van der Waals surface area contributed by atoms with E-state index in [4.69, 9.17) is 37.0 Å². The van der Waals surface area contributed by atoms with E-state index in [2.05, 4.69) is 34.6 Å². The van der Waals surface area contributed by atoms with Crippen LogP contribution in [0.4, 0.5) is 0 Å². The second kappa shape index (κ2) is 56.8. The normalized spacial score (nSPS) is 14.3. The molecule has 0 aliphatic heterocycles. The van der Waals surface area contributed by atoms with Gasteiger partial charge in [-0.3, -0.25) is 37.3 Å². The Morgan fingerprint density at radius 3 is 0.829 bits per heavy atom. The fourth-order valence-corrected chi connectivity index (χ4v) is 11.0. The SMILES string of the molecule is CCCCCCCCCCC(=O)OC[C@H](COP(=O)(O)OC[C@@H](O)COP(=O)(O)OC[C@@H](COC(=O)CCCCCCC)OC(=O)CCCCCCCCCC)OC(=O)CCCCCCCCCCCCCCCCCCCCC(C)C. The van der Waals surface area contributed by atoms with Crippen molar-refractivity contribution in [1.82, 2.24) is 0 Å². The van der Waals surface area contributed by atoms with Crippen LogP contribution in [-0.4, -0.2) is 96.7 Å². The summed E-state index contributed by atoms with van der Waals surface area (Å²) in [7, 11) is -9.87. The molecule has 486 valence electrons. The molecule has 19 heteroatoms. The lowest BCUT2D eigenvalue weighted by molar-refractivity contribution is -0.161. The number of ether oxygens (including phenoxy) is 4. The predicted molar refractivity (Wildman–Crippen MR) is 326 cm³/mol. The van der Waals surface area contributed by atoms with Crippen molar-refractivity contribution in [2.24, 2.45) is 5.92 Å². The van der Waals surface area contributed by atoms with Gasteiger partial charge in [0.15, 0.2) is 12.2 Å². The Hall–Kier alpha value is -1.94. The molecule has 0 bridgehead atoms. The Kier molecular flexibility index (Phi) is 55.5. The van der Waals surface area contributed by atoms with E-state index in [0.717, 1.165) is 115 Å². The van der Waals surface area contributed by atoms with Crippen molar-refractivity contribution in [2.45, 2.75) is 335 Å². The lowest BCUT2D eigenvalue weighted by Crippen LogP contribution is -2.30. The Labute approximate surface area is 498 Å². The van der Waals surface area contributed by atoms with E-state index in [9.17, 15) is 43.2 Å². The summed E-state index contributed by atoms with van der Waals surface area (Å²) in [5, 5.41) is 10.5. The van der Waals surface area contributed by atoms with E-state index in [-0.39, 0.29) is 25.7 Å². The molecule has 0 aromatic heterocycles. The molecule has 3 N–H and O–H groups in total. The summed E-state index contributed by atoms with van der Waals surface area (Å²) in [6.07, 6.45) is 41.0. The molecular weight excluding hydrogens is 1090 g/mol.